The second-order valence-corrected chi connectivity index (χ2v) is 7.25. The van der Waals surface area contributed by atoms with Crippen LogP contribution in [0.5, 0.6) is 11.5 Å². The van der Waals surface area contributed by atoms with E-state index >= 15 is 0 Å². The van der Waals surface area contributed by atoms with E-state index in [1.54, 1.807) is 0 Å². The summed E-state index contributed by atoms with van der Waals surface area (Å²) in [5, 5.41) is 0. The molecule has 0 spiro atoms. The van der Waals surface area contributed by atoms with Crippen LogP contribution in [0.4, 0.5) is 5.69 Å². The fraction of sp³-hybridized carbons (Fsp3) is 0.312. The number of anilines is 1. The number of aromatic nitrogens is 2. The molecule has 0 bridgehead atoms. The molecule has 1 aromatic heterocycles. The van der Waals surface area contributed by atoms with Crippen LogP contribution in [0.25, 0.3) is 0 Å². The molecule has 28 heavy (non-hydrogen) atoms. The molecular formula is C16H19N3O8S. The molecule has 12 heteroatoms. The van der Waals surface area contributed by atoms with Gasteiger partial charge >= 0.3 is 11.7 Å². The van der Waals surface area contributed by atoms with E-state index in [0.717, 1.165) is 24.9 Å². The minimum Gasteiger partial charge on any atom is -0.493 e. The second kappa shape index (κ2) is 7.76. The van der Waals surface area contributed by atoms with Gasteiger partial charge in [-0.25, -0.2) is 18.0 Å². The molecule has 0 radical (unpaired) electrons. The lowest BCUT2D eigenvalue weighted by Crippen LogP contribution is -2.40. The smallest absolute Gasteiger partial charge is 0.340 e. The van der Waals surface area contributed by atoms with E-state index in [1.165, 1.54) is 33.4 Å². The first-order valence-electron chi connectivity index (χ1n) is 7.71. The summed E-state index contributed by atoms with van der Waals surface area (Å²) in [7, 11) is 1.79. The summed E-state index contributed by atoms with van der Waals surface area (Å²) in [5.41, 5.74) is -2.06. The van der Waals surface area contributed by atoms with Gasteiger partial charge in [-0.2, -0.15) is 0 Å². The first kappa shape index (κ1) is 21.0. The van der Waals surface area contributed by atoms with Crippen LogP contribution in [0.3, 0.4) is 0 Å². The number of carbonyl (C=O) groups excluding carboxylic acids is 1. The number of nitrogens with zero attached hydrogens (tertiary/aromatic N) is 2. The third-order valence-electron chi connectivity index (χ3n) is 3.88. The predicted octanol–water partition coefficient (Wildman–Crippen LogP) is -0.311. The average molecular weight is 413 g/mol. The van der Waals surface area contributed by atoms with Gasteiger partial charge < -0.3 is 18.8 Å². The molecule has 0 unspecified atom stereocenters. The van der Waals surface area contributed by atoms with Crippen molar-refractivity contribution in [2.45, 2.75) is 4.90 Å². The van der Waals surface area contributed by atoms with Gasteiger partial charge in [0, 0.05) is 32.4 Å². The minimum absolute atomic E-state index is 0.140. The number of sulfonamides is 1. The van der Waals surface area contributed by atoms with Gasteiger partial charge in [-0.15, -0.1) is 0 Å². The lowest BCUT2D eigenvalue weighted by atomic mass is 10.1. The molecule has 0 amide bonds. The van der Waals surface area contributed by atoms with Crippen molar-refractivity contribution in [3.63, 3.8) is 0 Å². The molecule has 152 valence electrons. The van der Waals surface area contributed by atoms with E-state index in [2.05, 4.69) is 9.46 Å². The van der Waals surface area contributed by atoms with Crippen LogP contribution in [0.15, 0.2) is 32.8 Å². The number of rotatable bonds is 6. The number of ether oxygens (including phenoxy) is 3. The highest BCUT2D eigenvalue weighted by molar-refractivity contribution is 7.92. The van der Waals surface area contributed by atoms with Crippen molar-refractivity contribution in [3.8, 4) is 11.5 Å². The molecule has 1 heterocycles. The Balaban J connectivity index is 2.69. The first-order chi connectivity index (χ1) is 13.1. The van der Waals surface area contributed by atoms with E-state index in [1.807, 2.05) is 0 Å². The van der Waals surface area contributed by atoms with Crippen molar-refractivity contribution in [3.05, 3.63) is 44.7 Å². The van der Waals surface area contributed by atoms with Crippen LogP contribution in [0.1, 0.15) is 10.4 Å². The van der Waals surface area contributed by atoms with Gasteiger partial charge in [0.1, 0.15) is 0 Å². The molecule has 1 N–H and O–H groups in total. The standard InChI is InChI=1S/C16H19N3O8S/c1-18-8-13(14(20)19(2)16(18)22)28(23,24)17-10-7-12(26-4)11(25-3)6-9(10)15(21)27-5/h6-8,17H,1-5H3. The van der Waals surface area contributed by atoms with Crippen LogP contribution in [-0.2, 0) is 28.9 Å². The van der Waals surface area contributed by atoms with E-state index < -0.39 is 32.1 Å². The largest absolute Gasteiger partial charge is 0.493 e. The Kier molecular flexibility index (Phi) is 5.83. The number of methoxy groups -OCH3 is 3. The summed E-state index contributed by atoms with van der Waals surface area (Å²) >= 11 is 0. The lowest BCUT2D eigenvalue weighted by molar-refractivity contribution is 0.0601. The topological polar surface area (TPSA) is 135 Å². The van der Waals surface area contributed by atoms with Crippen LogP contribution >= 0.6 is 0 Å². The highest BCUT2D eigenvalue weighted by Crippen LogP contribution is 2.34. The molecule has 0 atom stereocenters. The fourth-order valence-corrected chi connectivity index (χ4v) is 3.63. The summed E-state index contributed by atoms with van der Waals surface area (Å²) in [6.45, 7) is 0. The van der Waals surface area contributed by atoms with Crippen molar-refractivity contribution in [2.24, 2.45) is 14.1 Å². The van der Waals surface area contributed by atoms with Crippen molar-refractivity contribution >= 4 is 21.7 Å². The summed E-state index contributed by atoms with van der Waals surface area (Å²) < 4.78 is 44.2. The van der Waals surface area contributed by atoms with Crippen LogP contribution < -0.4 is 25.4 Å². The van der Waals surface area contributed by atoms with Crippen molar-refractivity contribution in [1.29, 1.82) is 0 Å². The Morgan fingerprint density at radius 3 is 2.14 bits per heavy atom. The summed E-state index contributed by atoms with van der Waals surface area (Å²) in [5.74, 6) is -0.530. The SMILES string of the molecule is COC(=O)c1cc(OC)c(OC)cc1NS(=O)(=O)c1cn(C)c(=O)n(C)c1=O. The molecule has 11 nitrogen and oxygen atoms in total. The van der Waals surface area contributed by atoms with E-state index in [4.69, 9.17) is 9.47 Å². The second-order valence-electron chi connectivity index (χ2n) is 5.60. The molecule has 0 fully saturated rings. The van der Waals surface area contributed by atoms with Crippen molar-refractivity contribution in [1.82, 2.24) is 9.13 Å². The van der Waals surface area contributed by atoms with Gasteiger partial charge in [0.05, 0.1) is 32.6 Å². The fourth-order valence-electron chi connectivity index (χ4n) is 2.40. The van der Waals surface area contributed by atoms with Crippen LogP contribution in [0, 0.1) is 0 Å². The lowest BCUT2D eigenvalue weighted by Gasteiger charge is -2.15. The highest BCUT2D eigenvalue weighted by atomic mass is 32.2. The summed E-state index contributed by atoms with van der Waals surface area (Å²) in [6, 6.07) is 2.45. The Morgan fingerprint density at radius 2 is 1.61 bits per heavy atom. The zero-order valence-electron chi connectivity index (χ0n) is 15.8. The van der Waals surface area contributed by atoms with E-state index in [-0.39, 0.29) is 22.7 Å². The Hall–Kier alpha value is -3.28. The minimum atomic E-state index is -4.46. The van der Waals surface area contributed by atoms with Crippen LogP contribution in [-0.4, -0.2) is 44.9 Å². The van der Waals surface area contributed by atoms with Crippen molar-refractivity contribution in [2.75, 3.05) is 26.1 Å². The van der Waals surface area contributed by atoms with Crippen LogP contribution in [0.2, 0.25) is 0 Å². The monoisotopic (exact) mass is 413 g/mol. The Labute approximate surface area is 160 Å². The number of hydrogen-bond donors (Lipinski definition) is 1. The zero-order chi connectivity index (χ0) is 21.2. The summed E-state index contributed by atoms with van der Waals surface area (Å²) in [6.07, 6.45) is 0.894. The molecule has 1 aromatic carbocycles. The molecule has 0 aliphatic rings. The zero-order valence-corrected chi connectivity index (χ0v) is 16.6. The third-order valence-corrected chi connectivity index (χ3v) is 5.23. The number of benzene rings is 1. The maximum Gasteiger partial charge on any atom is 0.340 e. The maximum atomic E-state index is 12.8. The molecule has 2 aromatic rings. The normalized spacial score (nSPS) is 11.0. The average Bonchev–Trinajstić information content (AvgIpc) is 2.67. The Morgan fingerprint density at radius 1 is 1.04 bits per heavy atom. The van der Waals surface area contributed by atoms with Gasteiger partial charge in [-0.05, 0) is 0 Å². The van der Waals surface area contributed by atoms with Gasteiger partial charge in [0.15, 0.2) is 16.4 Å². The van der Waals surface area contributed by atoms with Gasteiger partial charge in [0.25, 0.3) is 15.6 Å². The van der Waals surface area contributed by atoms with Gasteiger partial charge in [-0.3, -0.25) is 14.1 Å². The van der Waals surface area contributed by atoms with E-state index in [0.29, 0.717) is 4.57 Å². The van der Waals surface area contributed by atoms with Gasteiger partial charge in [-0.1, -0.05) is 0 Å². The number of hydrogen-bond acceptors (Lipinski definition) is 8. The molecule has 0 aliphatic heterocycles. The number of nitrogens with one attached hydrogen (secondary N) is 1. The Bertz CT molecular complexity index is 1150. The first-order valence-corrected chi connectivity index (χ1v) is 9.19. The maximum absolute atomic E-state index is 12.8. The van der Waals surface area contributed by atoms with E-state index in [9.17, 15) is 22.8 Å². The number of aryl methyl sites for hydroxylation is 1. The highest BCUT2D eigenvalue weighted by Gasteiger charge is 2.25. The quantitative estimate of drug-likeness (QED) is 0.637. The molecule has 2 rings (SSSR count). The summed E-state index contributed by atoms with van der Waals surface area (Å²) in [4.78, 5) is 35.5. The number of esters is 1. The molecule has 0 aliphatic carbocycles. The third kappa shape index (κ3) is 3.71. The van der Waals surface area contributed by atoms with Gasteiger partial charge in [0.2, 0.25) is 0 Å². The van der Waals surface area contributed by atoms with Crippen molar-refractivity contribution < 1.29 is 27.4 Å². The number of carbonyl (C=O) groups is 1. The molecule has 0 saturated carbocycles. The molecule has 0 saturated heterocycles. The molecular weight excluding hydrogens is 394 g/mol. The predicted molar refractivity (Wildman–Crippen MR) is 98.6 cm³/mol.